The van der Waals surface area contributed by atoms with E-state index in [-0.39, 0.29) is 17.6 Å². The Bertz CT molecular complexity index is 544. The van der Waals surface area contributed by atoms with Gasteiger partial charge in [-0.3, -0.25) is 9.78 Å². The lowest BCUT2D eigenvalue weighted by Crippen LogP contribution is -2.47. The number of nitrogens with one attached hydrogen (secondary N) is 2. The number of pyridine rings is 1. The second kappa shape index (κ2) is 8.09. The van der Waals surface area contributed by atoms with Crippen LogP contribution in [-0.4, -0.2) is 31.1 Å². The van der Waals surface area contributed by atoms with Gasteiger partial charge < -0.3 is 5.32 Å². The van der Waals surface area contributed by atoms with Crippen LogP contribution in [0.2, 0.25) is 0 Å². The summed E-state index contributed by atoms with van der Waals surface area (Å²) in [5, 5.41) is 2.75. The van der Waals surface area contributed by atoms with Crippen LogP contribution in [-0.2, 0) is 21.4 Å². The molecule has 1 atom stereocenters. The Balaban J connectivity index is 2.67. The molecule has 0 saturated carbocycles. The highest BCUT2D eigenvalue weighted by atomic mass is 32.2. The number of hydrogen-bond donors (Lipinski definition) is 2. The van der Waals surface area contributed by atoms with Gasteiger partial charge in [0.05, 0.1) is 5.75 Å². The van der Waals surface area contributed by atoms with Crippen molar-refractivity contribution in [3.8, 4) is 0 Å². The van der Waals surface area contributed by atoms with Gasteiger partial charge in [-0.2, -0.15) is 0 Å². The Morgan fingerprint density at radius 1 is 1.38 bits per heavy atom. The maximum atomic E-state index is 12.2. The minimum Gasteiger partial charge on any atom is -0.351 e. The molecule has 0 aliphatic rings. The number of carbonyl (C=O) groups excluding carboxylic acids is 1. The predicted molar refractivity (Wildman–Crippen MR) is 81.9 cm³/mol. The fraction of sp³-hybridized carbons (Fsp3) is 0.571. The molecule has 6 nitrogen and oxygen atoms in total. The van der Waals surface area contributed by atoms with Crippen molar-refractivity contribution < 1.29 is 13.2 Å². The van der Waals surface area contributed by atoms with Crippen LogP contribution in [0.3, 0.4) is 0 Å². The molecule has 1 rings (SSSR count). The fourth-order valence-electron chi connectivity index (χ4n) is 1.80. The largest absolute Gasteiger partial charge is 0.351 e. The first-order chi connectivity index (χ1) is 9.84. The number of carbonyl (C=O) groups is 1. The summed E-state index contributed by atoms with van der Waals surface area (Å²) in [6.07, 6.45) is 3.77. The van der Waals surface area contributed by atoms with E-state index in [2.05, 4.69) is 15.0 Å². The van der Waals surface area contributed by atoms with Gasteiger partial charge in [0.1, 0.15) is 6.04 Å². The van der Waals surface area contributed by atoms with Gasteiger partial charge in [0.25, 0.3) is 0 Å². The highest BCUT2D eigenvalue weighted by Crippen LogP contribution is 2.07. The first-order valence-corrected chi connectivity index (χ1v) is 8.66. The lowest BCUT2D eigenvalue weighted by molar-refractivity contribution is -0.123. The SMILES string of the molecule is CCS(=O)(=O)N[C@H](CC(C)C)C(=O)NCc1cccnc1. The standard InChI is InChI=1S/C14H23N3O3S/c1-4-21(19,20)17-13(8-11(2)3)14(18)16-10-12-6-5-7-15-9-12/h5-7,9,11,13,17H,4,8,10H2,1-3H3,(H,16,18)/t13-/m1/s1. The van der Waals surface area contributed by atoms with E-state index in [9.17, 15) is 13.2 Å². The second-order valence-corrected chi connectivity index (χ2v) is 7.33. The van der Waals surface area contributed by atoms with Crippen LogP contribution in [0.25, 0.3) is 0 Å². The van der Waals surface area contributed by atoms with Crippen molar-refractivity contribution in [2.75, 3.05) is 5.75 Å². The zero-order chi connectivity index (χ0) is 15.9. The smallest absolute Gasteiger partial charge is 0.238 e. The minimum absolute atomic E-state index is 0.0442. The molecule has 0 saturated heterocycles. The molecule has 0 aromatic carbocycles. The van der Waals surface area contributed by atoms with Gasteiger partial charge in [-0.25, -0.2) is 13.1 Å². The van der Waals surface area contributed by atoms with Gasteiger partial charge in [0.15, 0.2) is 0 Å². The normalized spacial score (nSPS) is 13.1. The zero-order valence-corrected chi connectivity index (χ0v) is 13.5. The van der Waals surface area contributed by atoms with Gasteiger partial charge in [0.2, 0.25) is 15.9 Å². The number of aromatic nitrogens is 1. The van der Waals surface area contributed by atoms with E-state index in [1.165, 1.54) is 0 Å². The molecule has 7 heteroatoms. The molecule has 0 spiro atoms. The quantitative estimate of drug-likeness (QED) is 0.751. The first-order valence-electron chi connectivity index (χ1n) is 7.00. The third-order valence-electron chi connectivity index (χ3n) is 2.91. The Kier molecular flexibility index (Phi) is 6.77. The maximum Gasteiger partial charge on any atom is 0.238 e. The van der Waals surface area contributed by atoms with E-state index in [0.717, 1.165) is 5.56 Å². The summed E-state index contributed by atoms with van der Waals surface area (Å²) in [7, 11) is -3.42. The van der Waals surface area contributed by atoms with E-state index in [0.29, 0.717) is 13.0 Å². The van der Waals surface area contributed by atoms with Crippen molar-refractivity contribution in [1.82, 2.24) is 15.0 Å². The van der Waals surface area contributed by atoms with Crippen molar-refractivity contribution in [1.29, 1.82) is 0 Å². The van der Waals surface area contributed by atoms with E-state index in [1.807, 2.05) is 19.9 Å². The van der Waals surface area contributed by atoms with Crippen LogP contribution < -0.4 is 10.0 Å². The molecule has 1 amide bonds. The third-order valence-corrected chi connectivity index (χ3v) is 4.32. The fourth-order valence-corrected chi connectivity index (χ4v) is 2.60. The van der Waals surface area contributed by atoms with Crippen molar-refractivity contribution in [2.24, 2.45) is 5.92 Å². The monoisotopic (exact) mass is 313 g/mol. The summed E-state index contributed by atoms with van der Waals surface area (Å²) in [6, 6.07) is 2.89. The highest BCUT2D eigenvalue weighted by molar-refractivity contribution is 7.89. The molecular weight excluding hydrogens is 290 g/mol. The van der Waals surface area contributed by atoms with Crippen molar-refractivity contribution >= 4 is 15.9 Å². The number of sulfonamides is 1. The zero-order valence-electron chi connectivity index (χ0n) is 12.7. The molecule has 0 bridgehead atoms. The van der Waals surface area contributed by atoms with Crippen LogP contribution in [0.15, 0.2) is 24.5 Å². The van der Waals surface area contributed by atoms with Gasteiger partial charge in [-0.05, 0) is 30.9 Å². The molecule has 1 aromatic heterocycles. The van der Waals surface area contributed by atoms with E-state index in [1.54, 1.807) is 25.4 Å². The molecule has 1 aromatic rings. The van der Waals surface area contributed by atoms with E-state index in [4.69, 9.17) is 0 Å². The molecule has 0 radical (unpaired) electrons. The number of rotatable bonds is 8. The Morgan fingerprint density at radius 3 is 2.62 bits per heavy atom. The summed E-state index contributed by atoms with van der Waals surface area (Å²) in [5.74, 6) is -0.152. The van der Waals surface area contributed by atoms with Crippen LogP contribution in [0.4, 0.5) is 0 Å². The van der Waals surface area contributed by atoms with Gasteiger partial charge in [0, 0.05) is 18.9 Å². The minimum atomic E-state index is -3.42. The number of hydrogen-bond acceptors (Lipinski definition) is 4. The summed E-state index contributed by atoms with van der Waals surface area (Å²) < 4.78 is 25.8. The van der Waals surface area contributed by atoms with Gasteiger partial charge in [-0.15, -0.1) is 0 Å². The molecule has 118 valence electrons. The molecule has 1 heterocycles. The number of amides is 1. The lowest BCUT2D eigenvalue weighted by Gasteiger charge is -2.19. The van der Waals surface area contributed by atoms with Crippen molar-refractivity contribution in [3.05, 3.63) is 30.1 Å². The van der Waals surface area contributed by atoms with Crippen LogP contribution >= 0.6 is 0 Å². The predicted octanol–water partition coefficient (Wildman–Crippen LogP) is 1.05. The van der Waals surface area contributed by atoms with Gasteiger partial charge in [-0.1, -0.05) is 19.9 Å². The molecule has 0 unspecified atom stereocenters. The molecule has 0 aliphatic heterocycles. The Hall–Kier alpha value is -1.47. The van der Waals surface area contributed by atoms with Gasteiger partial charge >= 0.3 is 0 Å². The average Bonchev–Trinajstić information content (AvgIpc) is 2.44. The van der Waals surface area contributed by atoms with E-state index >= 15 is 0 Å². The molecule has 2 N–H and O–H groups in total. The Morgan fingerprint density at radius 2 is 2.10 bits per heavy atom. The summed E-state index contributed by atoms with van der Waals surface area (Å²) >= 11 is 0. The molecule has 21 heavy (non-hydrogen) atoms. The molecular formula is C14H23N3O3S. The molecule has 0 fully saturated rings. The number of nitrogens with zero attached hydrogens (tertiary/aromatic N) is 1. The van der Waals surface area contributed by atoms with Crippen LogP contribution in [0.1, 0.15) is 32.8 Å². The van der Waals surface area contributed by atoms with Crippen molar-refractivity contribution in [3.63, 3.8) is 0 Å². The Labute approximate surface area is 126 Å². The second-order valence-electron chi connectivity index (χ2n) is 5.28. The lowest BCUT2D eigenvalue weighted by atomic mass is 10.0. The average molecular weight is 313 g/mol. The van der Waals surface area contributed by atoms with Crippen LogP contribution in [0, 0.1) is 5.92 Å². The summed E-state index contributed by atoms with van der Waals surface area (Å²) in [4.78, 5) is 16.2. The maximum absolute atomic E-state index is 12.2. The first kappa shape index (κ1) is 17.6. The summed E-state index contributed by atoms with van der Waals surface area (Å²) in [5.41, 5.74) is 0.868. The van der Waals surface area contributed by atoms with Crippen molar-refractivity contribution in [2.45, 2.75) is 39.8 Å². The van der Waals surface area contributed by atoms with Crippen LogP contribution in [0.5, 0.6) is 0 Å². The summed E-state index contributed by atoms with van der Waals surface area (Å²) in [6.45, 7) is 5.76. The highest BCUT2D eigenvalue weighted by Gasteiger charge is 2.24. The topological polar surface area (TPSA) is 88.2 Å². The molecule has 0 aliphatic carbocycles. The van der Waals surface area contributed by atoms with E-state index < -0.39 is 16.1 Å². The third kappa shape index (κ3) is 6.68.